The maximum atomic E-state index is 13.2. The van der Waals surface area contributed by atoms with Crippen molar-refractivity contribution in [2.24, 2.45) is 5.92 Å². The summed E-state index contributed by atoms with van der Waals surface area (Å²) < 4.78 is 47.0. The summed E-state index contributed by atoms with van der Waals surface area (Å²) in [4.78, 5) is 51.7. The van der Waals surface area contributed by atoms with E-state index in [2.05, 4.69) is 36.5 Å². The van der Waals surface area contributed by atoms with Crippen molar-refractivity contribution < 1.29 is 32.3 Å². The summed E-state index contributed by atoms with van der Waals surface area (Å²) in [6.45, 7) is 4.98. The van der Waals surface area contributed by atoms with Crippen molar-refractivity contribution in [3.63, 3.8) is 0 Å². The van der Waals surface area contributed by atoms with Crippen molar-refractivity contribution in [3.8, 4) is 5.75 Å². The van der Waals surface area contributed by atoms with Crippen molar-refractivity contribution in [3.05, 3.63) is 78.5 Å². The minimum atomic E-state index is -4.66. The number of piperazine rings is 1. The quantitative estimate of drug-likeness (QED) is 0.188. The first-order valence-corrected chi connectivity index (χ1v) is 18.4. The molecule has 2 aromatic carbocycles. The van der Waals surface area contributed by atoms with Crippen LogP contribution in [0.1, 0.15) is 54.3 Å². The predicted octanol–water partition coefficient (Wildman–Crippen LogP) is 6.26. The zero-order valence-corrected chi connectivity index (χ0v) is 30.2. The zero-order chi connectivity index (χ0) is 38.3. The maximum Gasteiger partial charge on any atom is 0.433 e. The fourth-order valence-corrected chi connectivity index (χ4v) is 8.01. The van der Waals surface area contributed by atoms with Gasteiger partial charge in [-0.3, -0.25) is 34.4 Å². The maximum absolute atomic E-state index is 13.2. The SMILES string of the molecule is COc1cc2nn(C3CCC(CN4CCN(c5cccc6c(N7CCC(=O)NC7=O)cncc56)CC4)CC3)cc2cc1NC(=O)c1cccc(C(F)(F)F)n1. The number of methoxy groups -OCH3 is 1. The van der Waals surface area contributed by atoms with Crippen LogP contribution in [0.4, 0.5) is 35.0 Å². The molecule has 16 heteroatoms. The first kappa shape index (κ1) is 36.2. The lowest BCUT2D eigenvalue weighted by molar-refractivity contribution is -0.141. The first-order chi connectivity index (χ1) is 26.5. The number of carbonyl (C=O) groups is 3. The number of benzene rings is 2. The lowest BCUT2D eigenvalue weighted by atomic mass is 9.85. The minimum absolute atomic E-state index is 0.222. The van der Waals surface area contributed by atoms with Gasteiger partial charge in [0.05, 0.1) is 36.2 Å². The Hall–Kier alpha value is -5.77. The molecule has 2 N–H and O–H groups in total. The number of aromatic nitrogens is 4. The Kier molecular flexibility index (Phi) is 9.75. The number of carbonyl (C=O) groups excluding carboxylic acids is 3. The van der Waals surface area contributed by atoms with Crippen LogP contribution in [0.25, 0.3) is 21.7 Å². The Morgan fingerprint density at radius 2 is 1.73 bits per heavy atom. The van der Waals surface area contributed by atoms with E-state index in [9.17, 15) is 27.6 Å². The van der Waals surface area contributed by atoms with E-state index in [-0.39, 0.29) is 24.1 Å². The number of nitrogens with zero attached hydrogens (tertiary/aromatic N) is 7. The van der Waals surface area contributed by atoms with Gasteiger partial charge < -0.3 is 15.0 Å². The number of imide groups is 1. The van der Waals surface area contributed by atoms with Crippen LogP contribution in [0, 0.1) is 5.92 Å². The number of alkyl halides is 3. The standard InChI is InChI=1S/C39H40F3N9O4/c1-55-34-19-30-25(18-31(34)45-37(53)29-5-3-7-35(44-29)39(40,41)42)23-51(47-30)26-10-8-24(9-11-26)22-48-14-16-49(17-15-48)32-6-2-4-27-28(32)20-43-21-33(27)50-13-12-36(52)46-38(50)54/h2-7,18-21,23-24,26H,8-17,22H2,1H3,(H,45,53)(H,46,52,54). The Morgan fingerprint density at radius 1 is 0.945 bits per heavy atom. The average molecular weight is 756 g/mol. The highest BCUT2D eigenvalue weighted by atomic mass is 19.4. The smallest absolute Gasteiger partial charge is 0.433 e. The predicted molar refractivity (Wildman–Crippen MR) is 200 cm³/mol. The summed E-state index contributed by atoms with van der Waals surface area (Å²) in [5.74, 6) is -0.128. The van der Waals surface area contributed by atoms with E-state index in [0.29, 0.717) is 35.1 Å². The Balaban J connectivity index is 0.867. The molecule has 0 atom stereocenters. The number of anilines is 3. The fraction of sp³-hybridized carbons (Fsp3) is 0.385. The molecule has 3 fully saturated rings. The number of urea groups is 1. The van der Waals surface area contributed by atoms with Crippen molar-refractivity contribution in [2.75, 3.05) is 61.5 Å². The molecular formula is C39H40F3N9O4. The summed E-state index contributed by atoms with van der Waals surface area (Å²) in [5.41, 5.74) is 1.30. The molecule has 1 aliphatic carbocycles. The van der Waals surface area contributed by atoms with Gasteiger partial charge in [-0.1, -0.05) is 18.2 Å². The van der Waals surface area contributed by atoms with Gasteiger partial charge in [0.25, 0.3) is 5.91 Å². The molecular weight excluding hydrogens is 715 g/mol. The van der Waals surface area contributed by atoms with Crippen LogP contribution in [-0.2, 0) is 11.0 Å². The molecule has 3 aliphatic rings. The Morgan fingerprint density at radius 3 is 2.47 bits per heavy atom. The zero-order valence-electron chi connectivity index (χ0n) is 30.2. The molecule has 1 saturated carbocycles. The molecule has 0 bridgehead atoms. The summed E-state index contributed by atoms with van der Waals surface area (Å²) in [5, 5.41) is 12.6. The second-order valence-electron chi connectivity index (χ2n) is 14.3. The Bertz CT molecular complexity index is 2260. The monoisotopic (exact) mass is 755 g/mol. The van der Waals surface area contributed by atoms with E-state index in [1.165, 1.54) is 13.2 Å². The largest absolute Gasteiger partial charge is 0.494 e. The van der Waals surface area contributed by atoms with E-state index in [0.717, 1.165) is 92.4 Å². The molecule has 286 valence electrons. The third-order valence-electron chi connectivity index (χ3n) is 10.9. The molecule has 8 rings (SSSR count). The number of pyridine rings is 2. The molecule has 2 aliphatic heterocycles. The number of amides is 4. The van der Waals surface area contributed by atoms with Crippen molar-refractivity contribution >= 4 is 56.6 Å². The molecule has 55 heavy (non-hydrogen) atoms. The molecule has 3 aromatic heterocycles. The minimum Gasteiger partial charge on any atom is -0.494 e. The van der Waals surface area contributed by atoms with Gasteiger partial charge in [0, 0.05) is 86.0 Å². The molecule has 5 heterocycles. The van der Waals surface area contributed by atoms with Crippen LogP contribution in [-0.4, -0.2) is 88.9 Å². The van der Waals surface area contributed by atoms with Gasteiger partial charge in [-0.25, -0.2) is 9.78 Å². The van der Waals surface area contributed by atoms with Gasteiger partial charge in [0.15, 0.2) is 0 Å². The molecule has 4 amide bonds. The van der Waals surface area contributed by atoms with Crippen molar-refractivity contribution in [1.82, 2.24) is 30.0 Å². The van der Waals surface area contributed by atoms with Crippen LogP contribution in [0.5, 0.6) is 5.75 Å². The van der Waals surface area contributed by atoms with E-state index in [1.807, 2.05) is 29.2 Å². The number of rotatable bonds is 8. The van der Waals surface area contributed by atoms with E-state index >= 15 is 0 Å². The topological polar surface area (TPSA) is 138 Å². The molecule has 0 spiro atoms. The second kappa shape index (κ2) is 14.8. The molecule has 0 radical (unpaired) electrons. The summed E-state index contributed by atoms with van der Waals surface area (Å²) in [6.07, 6.45) is 5.18. The summed E-state index contributed by atoms with van der Waals surface area (Å²) >= 11 is 0. The number of hydrogen-bond donors (Lipinski definition) is 2. The Labute approximate surface area is 314 Å². The van der Waals surface area contributed by atoms with Crippen LogP contribution in [0.2, 0.25) is 0 Å². The molecule has 5 aromatic rings. The summed E-state index contributed by atoms with van der Waals surface area (Å²) in [7, 11) is 1.46. The van der Waals surface area contributed by atoms with Gasteiger partial charge in [-0.05, 0) is 55.9 Å². The lowest BCUT2D eigenvalue weighted by Gasteiger charge is -2.39. The first-order valence-electron chi connectivity index (χ1n) is 18.4. The van der Waals surface area contributed by atoms with Crippen LogP contribution < -0.4 is 25.2 Å². The van der Waals surface area contributed by atoms with Crippen LogP contribution in [0.15, 0.2) is 67.1 Å². The second-order valence-corrected chi connectivity index (χ2v) is 14.3. The third kappa shape index (κ3) is 7.50. The van der Waals surface area contributed by atoms with Crippen molar-refractivity contribution in [2.45, 2.75) is 44.3 Å². The highest BCUT2D eigenvalue weighted by Crippen LogP contribution is 2.37. The normalized spacial score (nSPS) is 19.9. The van der Waals surface area contributed by atoms with Crippen molar-refractivity contribution in [1.29, 1.82) is 0 Å². The average Bonchev–Trinajstić information content (AvgIpc) is 3.60. The van der Waals surface area contributed by atoms with E-state index < -0.39 is 23.8 Å². The van der Waals surface area contributed by atoms with E-state index in [1.54, 1.807) is 23.2 Å². The van der Waals surface area contributed by atoms with Crippen LogP contribution >= 0.6 is 0 Å². The van der Waals surface area contributed by atoms with Gasteiger partial charge >= 0.3 is 12.2 Å². The number of halogens is 3. The van der Waals surface area contributed by atoms with Gasteiger partial charge in [-0.15, -0.1) is 0 Å². The van der Waals surface area contributed by atoms with Gasteiger partial charge in [-0.2, -0.15) is 18.3 Å². The third-order valence-corrected chi connectivity index (χ3v) is 10.9. The fourth-order valence-electron chi connectivity index (χ4n) is 8.01. The highest BCUT2D eigenvalue weighted by molar-refractivity contribution is 6.11. The number of fused-ring (bicyclic) bond motifs is 2. The summed E-state index contributed by atoms with van der Waals surface area (Å²) in [6, 6.07) is 12.6. The highest BCUT2D eigenvalue weighted by Gasteiger charge is 2.33. The van der Waals surface area contributed by atoms with Gasteiger partial charge in [0.1, 0.15) is 17.1 Å². The lowest BCUT2D eigenvalue weighted by Crippen LogP contribution is -2.49. The van der Waals surface area contributed by atoms with Crippen LogP contribution in [0.3, 0.4) is 0 Å². The van der Waals surface area contributed by atoms with Gasteiger partial charge in [0.2, 0.25) is 5.91 Å². The number of nitrogens with one attached hydrogen (secondary N) is 2. The molecule has 13 nitrogen and oxygen atoms in total. The molecule has 0 unspecified atom stereocenters. The molecule has 2 saturated heterocycles. The number of hydrogen-bond acceptors (Lipinski definition) is 9. The number of ether oxygens (including phenoxy) is 1. The van der Waals surface area contributed by atoms with E-state index in [4.69, 9.17) is 9.84 Å².